The zero-order valence-electron chi connectivity index (χ0n) is 8.94. The third-order valence-electron chi connectivity index (χ3n) is 2.28. The van der Waals surface area contributed by atoms with Crippen LogP contribution in [0.1, 0.15) is 11.1 Å². The summed E-state index contributed by atoms with van der Waals surface area (Å²) < 4.78 is 21.5. The van der Waals surface area contributed by atoms with Crippen LogP contribution >= 0.6 is 11.6 Å². The standard InChI is InChI=1S/C10H10ClN3O2S/c1-6-4-12-14-9(6)10-7(5-17(15)16)2-3-8(11)13-10/h2-4H,5H2,1H3,(H,12,14)(H,15,16)/p-1. The van der Waals surface area contributed by atoms with Crippen molar-refractivity contribution in [3.63, 3.8) is 0 Å². The molecule has 2 aromatic heterocycles. The van der Waals surface area contributed by atoms with Crippen molar-refractivity contribution in [1.29, 1.82) is 0 Å². The number of aryl methyl sites for hydroxylation is 1. The van der Waals surface area contributed by atoms with Gasteiger partial charge in [-0.25, -0.2) is 4.98 Å². The first-order valence-electron chi connectivity index (χ1n) is 4.79. The molecule has 1 N–H and O–H groups in total. The second-order valence-corrected chi connectivity index (χ2v) is 4.80. The Bertz CT molecular complexity index is 570. The zero-order valence-corrected chi connectivity index (χ0v) is 10.5. The SMILES string of the molecule is Cc1cn[nH]c1-c1nc(Cl)ccc1CS(=O)[O-]. The van der Waals surface area contributed by atoms with Crippen molar-refractivity contribution in [3.05, 3.63) is 34.6 Å². The lowest BCUT2D eigenvalue weighted by Crippen LogP contribution is -1.99. The van der Waals surface area contributed by atoms with Crippen LogP contribution in [0.15, 0.2) is 18.3 Å². The van der Waals surface area contributed by atoms with E-state index in [1.165, 1.54) is 0 Å². The molecular formula is C10H9ClN3O2S-. The van der Waals surface area contributed by atoms with Gasteiger partial charge in [-0.05, 0) is 24.1 Å². The molecule has 0 saturated carbocycles. The smallest absolute Gasteiger partial charge is 0.129 e. The van der Waals surface area contributed by atoms with E-state index in [2.05, 4.69) is 15.2 Å². The lowest BCUT2D eigenvalue weighted by atomic mass is 10.1. The fraction of sp³-hybridized carbons (Fsp3) is 0.200. The first-order chi connectivity index (χ1) is 8.08. The van der Waals surface area contributed by atoms with Gasteiger partial charge in [-0.2, -0.15) is 5.10 Å². The van der Waals surface area contributed by atoms with E-state index in [-0.39, 0.29) is 5.75 Å². The van der Waals surface area contributed by atoms with Crippen LogP contribution < -0.4 is 0 Å². The molecule has 0 radical (unpaired) electrons. The van der Waals surface area contributed by atoms with Crippen LogP contribution in [0.3, 0.4) is 0 Å². The first kappa shape index (κ1) is 12.2. The van der Waals surface area contributed by atoms with Crippen molar-refractivity contribution >= 4 is 22.7 Å². The highest BCUT2D eigenvalue weighted by molar-refractivity contribution is 7.78. The molecule has 0 aromatic carbocycles. The Kier molecular flexibility index (Phi) is 3.56. The molecular weight excluding hydrogens is 262 g/mol. The van der Waals surface area contributed by atoms with Gasteiger partial charge in [-0.15, -0.1) is 0 Å². The molecule has 0 bridgehead atoms. The molecule has 90 valence electrons. The molecule has 0 fully saturated rings. The Morgan fingerprint density at radius 3 is 2.88 bits per heavy atom. The molecule has 1 atom stereocenters. The van der Waals surface area contributed by atoms with Gasteiger partial charge >= 0.3 is 0 Å². The largest absolute Gasteiger partial charge is 0.772 e. The number of halogens is 1. The topological polar surface area (TPSA) is 81.7 Å². The highest BCUT2D eigenvalue weighted by Crippen LogP contribution is 2.25. The maximum absolute atomic E-state index is 10.8. The van der Waals surface area contributed by atoms with Crippen molar-refractivity contribution < 1.29 is 8.76 Å². The van der Waals surface area contributed by atoms with Crippen molar-refractivity contribution in [2.45, 2.75) is 12.7 Å². The molecule has 2 aromatic rings. The molecule has 1 unspecified atom stereocenters. The van der Waals surface area contributed by atoms with Crippen LogP contribution in [-0.4, -0.2) is 23.9 Å². The number of pyridine rings is 1. The third kappa shape index (κ3) is 2.71. The van der Waals surface area contributed by atoms with Crippen LogP contribution in [0.25, 0.3) is 11.4 Å². The van der Waals surface area contributed by atoms with Gasteiger partial charge < -0.3 is 4.55 Å². The molecule has 0 aliphatic heterocycles. The summed E-state index contributed by atoms with van der Waals surface area (Å²) in [6.45, 7) is 1.86. The maximum Gasteiger partial charge on any atom is 0.129 e. The molecule has 0 aliphatic rings. The van der Waals surface area contributed by atoms with E-state index >= 15 is 0 Å². The molecule has 2 heterocycles. The average Bonchev–Trinajstić information content (AvgIpc) is 2.66. The summed E-state index contributed by atoms with van der Waals surface area (Å²) in [4.78, 5) is 4.15. The molecule has 5 nitrogen and oxygen atoms in total. The van der Waals surface area contributed by atoms with E-state index in [1.807, 2.05) is 6.92 Å². The van der Waals surface area contributed by atoms with Gasteiger partial charge in [0.05, 0.1) is 17.6 Å². The number of nitrogens with zero attached hydrogens (tertiary/aromatic N) is 2. The number of aromatic amines is 1. The molecule has 7 heteroatoms. The summed E-state index contributed by atoms with van der Waals surface area (Å²) in [5.74, 6) is -0.0992. The minimum atomic E-state index is -2.17. The fourth-order valence-electron chi connectivity index (χ4n) is 1.51. The van der Waals surface area contributed by atoms with Crippen LogP contribution in [-0.2, 0) is 16.8 Å². The fourth-order valence-corrected chi connectivity index (χ4v) is 2.14. The summed E-state index contributed by atoms with van der Waals surface area (Å²) in [6.07, 6.45) is 1.65. The van der Waals surface area contributed by atoms with Crippen LogP contribution in [0.4, 0.5) is 0 Å². The summed E-state index contributed by atoms with van der Waals surface area (Å²) in [5, 5.41) is 6.99. The predicted octanol–water partition coefficient (Wildman–Crippen LogP) is 1.81. The Morgan fingerprint density at radius 2 is 2.29 bits per heavy atom. The van der Waals surface area contributed by atoms with E-state index in [9.17, 15) is 8.76 Å². The van der Waals surface area contributed by atoms with E-state index < -0.39 is 11.1 Å². The van der Waals surface area contributed by atoms with Gasteiger partial charge in [-0.3, -0.25) is 9.31 Å². The second-order valence-electron chi connectivity index (χ2n) is 3.52. The number of hydrogen-bond donors (Lipinski definition) is 1. The molecule has 0 saturated heterocycles. The Hall–Kier alpha value is -1.24. The maximum atomic E-state index is 10.8. The Balaban J connectivity index is 2.54. The van der Waals surface area contributed by atoms with Crippen molar-refractivity contribution in [3.8, 4) is 11.4 Å². The van der Waals surface area contributed by atoms with E-state index in [1.54, 1.807) is 18.3 Å². The molecule has 0 spiro atoms. The monoisotopic (exact) mass is 270 g/mol. The van der Waals surface area contributed by atoms with Gasteiger partial charge in [-0.1, -0.05) is 28.7 Å². The highest BCUT2D eigenvalue weighted by atomic mass is 35.5. The van der Waals surface area contributed by atoms with Crippen LogP contribution in [0.2, 0.25) is 5.15 Å². The predicted molar refractivity (Wildman–Crippen MR) is 64.2 cm³/mol. The molecule has 2 rings (SSSR count). The first-order valence-corrected chi connectivity index (χ1v) is 6.41. The van der Waals surface area contributed by atoms with Crippen LogP contribution in [0.5, 0.6) is 0 Å². The highest BCUT2D eigenvalue weighted by Gasteiger charge is 2.12. The molecule has 0 amide bonds. The van der Waals surface area contributed by atoms with Crippen molar-refractivity contribution in [2.24, 2.45) is 0 Å². The Labute approximate surface area is 106 Å². The van der Waals surface area contributed by atoms with E-state index in [0.717, 1.165) is 5.56 Å². The van der Waals surface area contributed by atoms with Gasteiger partial charge in [0.25, 0.3) is 0 Å². The number of rotatable bonds is 3. The Morgan fingerprint density at radius 1 is 1.53 bits per heavy atom. The van der Waals surface area contributed by atoms with Crippen molar-refractivity contribution in [2.75, 3.05) is 0 Å². The molecule has 17 heavy (non-hydrogen) atoms. The normalized spacial score (nSPS) is 12.6. The van der Waals surface area contributed by atoms with Gasteiger partial charge in [0.15, 0.2) is 0 Å². The molecule has 0 aliphatic carbocycles. The zero-order chi connectivity index (χ0) is 12.4. The lowest BCUT2D eigenvalue weighted by Gasteiger charge is -2.10. The quantitative estimate of drug-likeness (QED) is 0.681. The summed E-state index contributed by atoms with van der Waals surface area (Å²) in [6, 6.07) is 3.22. The minimum absolute atomic E-state index is 0.0992. The average molecular weight is 271 g/mol. The van der Waals surface area contributed by atoms with Crippen molar-refractivity contribution in [1.82, 2.24) is 15.2 Å². The number of H-pyrrole nitrogens is 1. The van der Waals surface area contributed by atoms with Gasteiger partial charge in [0, 0.05) is 5.75 Å². The minimum Gasteiger partial charge on any atom is -0.772 e. The summed E-state index contributed by atoms with van der Waals surface area (Å²) in [5.41, 5.74) is 2.69. The number of aromatic nitrogens is 3. The number of nitrogens with one attached hydrogen (secondary N) is 1. The van der Waals surface area contributed by atoms with Gasteiger partial charge in [0.1, 0.15) is 5.15 Å². The van der Waals surface area contributed by atoms with Crippen LogP contribution in [0, 0.1) is 6.92 Å². The van der Waals surface area contributed by atoms with E-state index in [4.69, 9.17) is 11.6 Å². The summed E-state index contributed by atoms with van der Waals surface area (Å²) >= 11 is 3.65. The second kappa shape index (κ2) is 4.95. The lowest BCUT2D eigenvalue weighted by molar-refractivity contribution is 0.536. The summed E-state index contributed by atoms with van der Waals surface area (Å²) in [7, 11) is 0. The number of hydrogen-bond acceptors (Lipinski definition) is 4. The third-order valence-corrected chi connectivity index (χ3v) is 3.04. The van der Waals surface area contributed by atoms with E-state index in [0.29, 0.717) is 22.1 Å². The van der Waals surface area contributed by atoms with Gasteiger partial charge in [0.2, 0.25) is 0 Å².